The largest absolute Gasteiger partial charge is 0.341 e. The Kier molecular flexibility index (Phi) is 3.55. The molecule has 0 aliphatic heterocycles. The summed E-state index contributed by atoms with van der Waals surface area (Å²) in [6.45, 7) is 1.54. The maximum absolute atomic E-state index is 11.5. The summed E-state index contributed by atoms with van der Waals surface area (Å²) in [5, 5.41) is 16.6. The van der Waals surface area contributed by atoms with Gasteiger partial charge in [-0.3, -0.25) is 10.1 Å². The fraction of sp³-hybridized carbons (Fsp3) is 0.375. The third-order valence-electron chi connectivity index (χ3n) is 1.85. The third-order valence-corrected chi connectivity index (χ3v) is 1.85. The fourth-order valence-electron chi connectivity index (χ4n) is 0.912. The highest BCUT2D eigenvalue weighted by Crippen LogP contribution is 2.02. The molecular formula is C8H10N6O2. The number of hydrogen-bond donors (Lipinski definition) is 2. The standard InChI is InChI=1S/C8H10N6O2/c1-5(7(15)12-8(16)10-2)14-4-11-6(3-9)13-14/h4-5H,1-2H3,(H2,10,12,15,16). The van der Waals surface area contributed by atoms with Gasteiger partial charge in [-0.05, 0) is 6.92 Å². The van der Waals surface area contributed by atoms with Crippen LogP contribution in [-0.4, -0.2) is 33.8 Å². The number of amides is 3. The summed E-state index contributed by atoms with van der Waals surface area (Å²) in [5.74, 6) is -0.562. The van der Waals surface area contributed by atoms with E-state index in [0.29, 0.717) is 0 Å². The number of nitrogens with zero attached hydrogens (tertiary/aromatic N) is 4. The minimum Gasteiger partial charge on any atom is -0.341 e. The Morgan fingerprint density at radius 1 is 1.62 bits per heavy atom. The van der Waals surface area contributed by atoms with Gasteiger partial charge >= 0.3 is 6.03 Å². The van der Waals surface area contributed by atoms with Crippen molar-refractivity contribution in [3.05, 3.63) is 12.2 Å². The Labute approximate surface area is 91.3 Å². The fourth-order valence-corrected chi connectivity index (χ4v) is 0.912. The maximum atomic E-state index is 11.5. The van der Waals surface area contributed by atoms with E-state index in [1.807, 2.05) is 0 Å². The number of rotatable bonds is 2. The molecule has 1 atom stereocenters. The SMILES string of the molecule is CNC(=O)NC(=O)C(C)n1cnc(C#N)n1. The number of imide groups is 1. The molecule has 1 aromatic heterocycles. The molecule has 2 N–H and O–H groups in total. The van der Waals surface area contributed by atoms with Gasteiger partial charge in [-0.25, -0.2) is 14.5 Å². The first-order valence-electron chi connectivity index (χ1n) is 4.42. The molecule has 84 valence electrons. The van der Waals surface area contributed by atoms with Crippen LogP contribution in [-0.2, 0) is 4.79 Å². The van der Waals surface area contributed by atoms with Gasteiger partial charge in [0, 0.05) is 7.05 Å². The molecule has 0 spiro atoms. The molecule has 16 heavy (non-hydrogen) atoms. The van der Waals surface area contributed by atoms with E-state index in [1.165, 1.54) is 25.0 Å². The lowest BCUT2D eigenvalue weighted by molar-refractivity contribution is -0.123. The van der Waals surface area contributed by atoms with Crippen molar-refractivity contribution in [2.24, 2.45) is 0 Å². The van der Waals surface area contributed by atoms with Crippen LogP contribution in [0.4, 0.5) is 4.79 Å². The van der Waals surface area contributed by atoms with Crippen LogP contribution in [0.3, 0.4) is 0 Å². The molecule has 1 heterocycles. The van der Waals surface area contributed by atoms with E-state index in [2.05, 4.69) is 20.7 Å². The zero-order valence-corrected chi connectivity index (χ0v) is 8.76. The van der Waals surface area contributed by atoms with Crippen molar-refractivity contribution in [3.63, 3.8) is 0 Å². The van der Waals surface area contributed by atoms with Gasteiger partial charge in [0.25, 0.3) is 11.7 Å². The van der Waals surface area contributed by atoms with E-state index in [1.54, 1.807) is 6.07 Å². The van der Waals surface area contributed by atoms with Gasteiger partial charge in [0.15, 0.2) is 0 Å². The number of nitriles is 1. The molecule has 8 heteroatoms. The number of hydrogen-bond acceptors (Lipinski definition) is 5. The molecule has 1 unspecified atom stereocenters. The van der Waals surface area contributed by atoms with Crippen molar-refractivity contribution in [3.8, 4) is 6.07 Å². The third kappa shape index (κ3) is 2.54. The van der Waals surface area contributed by atoms with Crippen molar-refractivity contribution in [1.82, 2.24) is 25.4 Å². The second-order valence-corrected chi connectivity index (χ2v) is 2.90. The highest BCUT2D eigenvalue weighted by atomic mass is 16.2. The summed E-state index contributed by atoms with van der Waals surface area (Å²) in [4.78, 5) is 26.0. The monoisotopic (exact) mass is 222 g/mol. The lowest BCUT2D eigenvalue weighted by atomic mass is 10.3. The Balaban J connectivity index is 2.71. The van der Waals surface area contributed by atoms with Gasteiger partial charge < -0.3 is 5.32 Å². The van der Waals surface area contributed by atoms with E-state index in [9.17, 15) is 9.59 Å². The summed E-state index contributed by atoms with van der Waals surface area (Å²) < 4.78 is 1.21. The number of aromatic nitrogens is 3. The van der Waals surface area contributed by atoms with Gasteiger partial charge in [-0.15, -0.1) is 5.10 Å². The molecule has 0 aliphatic carbocycles. The van der Waals surface area contributed by atoms with Crippen LogP contribution in [0.25, 0.3) is 0 Å². The van der Waals surface area contributed by atoms with Gasteiger partial charge in [0.1, 0.15) is 18.4 Å². The molecular weight excluding hydrogens is 212 g/mol. The van der Waals surface area contributed by atoms with Crippen molar-refractivity contribution in [1.29, 1.82) is 5.26 Å². The van der Waals surface area contributed by atoms with E-state index in [4.69, 9.17) is 5.26 Å². The molecule has 8 nitrogen and oxygen atoms in total. The zero-order chi connectivity index (χ0) is 12.1. The van der Waals surface area contributed by atoms with Crippen LogP contribution in [0.15, 0.2) is 6.33 Å². The molecule has 3 amide bonds. The Bertz CT molecular complexity index is 446. The highest BCUT2D eigenvalue weighted by molar-refractivity contribution is 5.95. The smallest absolute Gasteiger partial charge is 0.321 e. The second kappa shape index (κ2) is 4.88. The molecule has 1 aromatic rings. The minimum absolute atomic E-state index is 0.0282. The Hall–Kier alpha value is -2.43. The summed E-state index contributed by atoms with van der Waals surface area (Å²) in [6.07, 6.45) is 1.26. The van der Waals surface area contributed by atoms with Crippen molar-refractivity contribution < 1.29 is 9.59 Å². The number of carbonyl (C=O) groups is 2. The molecule has 0 saturated heterocycles. The number of nitrogens with one attached hydrogen (secondary N) is 2. The van der Waals surface area contributed by atoms with Gasteiger partial charge in [0.05, 0.1) is 0 Å². The summed E-state index contributed by atoms with van der Waals surface area (Å²) >= 11 is 0. The lowest BCUT2D eigenvalue weighted by Gasteiger charge is -2.10. The average Bonchev–Trinajstić information content (AvgIpc) is 2.76. The van der Waals surface area contributed by atoms with Gasteiger partial charge in [-0.1, -0.05) is 0 Å². The molecule has 1 rings (SSSR count). The second-order valence-electron chi connectivity index (χ2n) is 2.90. The molecule has 0 bridgehead atoms. The molecule has 0 aromatic carbocycles. The molecule has 0 saturated carbocycles. The predicted molar refractivity (Wildman–Crippen MR) is 52.0 cm³/mol. The first kappa shape index (κ1) is 11.6. The van der Waals surface area contributed by atoms with Crippen LogP contribution in [0, 0.1) is 11.3 Å². The Morgan fingerprint density at radius 2 is 2.31 bits per heavy atom. The van der Waals surface area contributed by atoms with Crippen molar-refractivity contribution in [2.75, 3.05) is 7.05 Å². The lowest BCUT2D eigenvalue weighted by Crippen LogP contribution is -2.40. The molecule has 0 radical (unpaired) electrons. The number of carbonyl (C=O) groups excluding carboxylic acids is 2. The molecule has 0 fully saturated rings. The Morgan fingerprint density at radius 3 is 2.81 bits per heavy atom. The molecule has 0 aliphatic rings. The predicted octanol–water partition coefficient (Wildman–Crippen LogP) is -0.834. The topological polar surface area (TPSA) is 113 Å². The van der Waals surface area contributed by atoms with Crippen LogP contribution in [0.5, 0.6) is 0 Å². The zero-order valence-electron chi connectivity index (χ0n) is 8.76. The van der Waals surface area contributed by atoms with Crippen LogP contribution in [0.2, 0.25) is 0 Å². The van der Waals surface area contributed by atoms with Crippen molar-refractivity contribution in [2.45, 2.75) is 13.0 Å². The average molecular weight is 222 g/mol. The summed E-state index contributed by atoms with van der Waals surface area (Å²) in [7, 11) is 1.40. The van der Waals surface area contributed by atoms with E-state index in [-0.39, 0.29) is 5.82 Å². The van der Waals surface area contributed by atoms with Crippen molar-refractivity contribution >= 4 is 11.9 Å². The quantitative estimate of drug-likeness (QED) is 0.677. The minimum atomic E-state index is -0.716. The first-order valence-corrected chi connectivity index (χ1v) is 4.42. The van der Waals surface area contributed by atoms with E-state index >= 15 is 0 Å². The van der Waals surface area contributed by atoms with Crippen LogP contribution >= 0.6 is 0 Å². The van der Waals surface area contributed by atoms with Gasteiger partial charge in [0.2, 0.25) is 0 Å². The highest BCUT2D eigenvalue weighted by Gasteiger charge is 2.18. The summed E-state index contributed by atoms with van der Waals surface area (Å²) in [5.41, 5.74) is 0. The first-order chi connectivity index (χ1) is 7.58. The van der Waals surface area contributed by atoms with Crippen LogP contribution in [0.1, 0.15) is 18.8 Å². The van der Waals surface area contributed by atoms with Gasteiger partial charge in [-0.2, -0.15) is 5.26 Å². The van der Waals surface area contributed by atoms with E-state index in [0.717, 1.165) is 0 Å². The number of urea groups is 1. The normalized spacial score (nSPS) is 11.3. The maximum Gasteiger partial charge on any atom is 0.321 e. The van der Waals surface area contributed by atoms with E-state index < -0.39 is 18.0 Å². The van der Waals surface area contributed by atoms with Crippen LogP contribution < -0.4 is 10.6 Å². The summed E-state index contributed by atoms with van der Waals surface area (Å²) in [6, 6.07) is 0.424.